The summed E-state index contributed by atoms with van der Waals surface area (Å²) in [7, 11) is 1.53. The van der Waals surface area contributed by atoms with Gasteiger partial charge in [-0.25, -0.2) is 0 Å². The van der Waals surface area contributed by atoms with E-state index >= 15 is 0 Å². The summed E-state index contributed by atoms with van der Waals surface area (Å²) in [4.78, 5) is 13.8. The Hall–Kier alpha value is -1.80. The van der Waals surface area contributed by atoms with Gasteiger partial charge in [-0.3, -0.25) is 4.79 Å². The Morgan fingerprint density at radius 2 is 2.12 bits per heavy atom. The number of hydrogen-bond acceptors (Lipinski definition) is 4. The minimum atomic E-state index is -4.46. The van der Waals surface area contributed by atoms with Crippen LogP contribution in [0, 0.1) is 0 Å². The summed E-state index contributed by atoms with van der Waals surface area (Å²) in [5, 5.41) is 0. The highest BCUT2D eigenvalue weighted by Crippen LogP contribution is 2.21. The monoisotopic (exact) mass is 361 g/mol. The Morgan fingerprint density at radius 1 is 1.36 bits per heavy atom. The molecule has 0 bridgehead atoms. The number of rotatable bonds is 8. The molecule has 1 fully saturated rings. The topological polar surface area (TPSA) is 48.0 Å². The van der Waals surface area contributed by atoms with Crippen molar-refractivity contribution < 1.29 is 32.2 Å². The van der Waals surface area contributed by atoms with E-state index < -0.39 is 25.3 Å². The molecule has 0 spiro atoms. The Morgan fingerprint density at radius 3 is 2.76 bits per heavy atom. The third-order valence-electron chi connectivity index (χ3n) is 3.85. The third kappa shape index (κ3) is 6.55. The summed E-state index contributed by atoms with van der Waals surface area (Å²) < 4.78 is 51.9. The maximum absolute atomic E-state index is 12.4. The van der Waals surface area contributed by atoms with Gasteiger partial charge in [0.25, 0.3) is 0 Å². The molecule has 0 saturated carbocycles. The van der Waals surface area contributed by atoms with Gasteiger partial charge in [-0.15, -0.1) is 0 Å². The molecular weight excluding hydrogens is 339 g/mol. The second-order valence-electron chi connectivity index (χ2n) is 5.83. The maximum Gasteiger partial charge on any atom is 0.411 e. The number of amides is 1. The lowest BCUT2D eigenvalue weighted by atomic mass is 10.1. The molecule has 1 aromatic rings. The van der Waals surface area contributed by atoms with E-state index in [1.807, 2.05) is 12.1 Å². The fraction of sp³-hybridized carbons (Fsp3) is 0.588. The zero-order chi connectivity index (χ0) is 18.3. The fourth-order valence-electron chi connectivity index (χ4n) is 2.67. The molecule has 25 heavy (non-hydrogen) atoms. The summed E-state index contributed by atoms with van der Waals surface area (Å²) in [6.07, 6.45) is -2.84. The van der Waals surface area contributed by atoms with Crippen molar-refractivity contribution in [2.24, 2.45) is 0 Å². The van der Waals surface area contributed by atoms with E-state index in [4.69, 9.17) is 9.47 Å². The Bertz CT molecular complexity index is 559. The van der Waals surface area contributed by atoms with Crippen molar-refractivity contribution in [2.45, 2.75) is 31.7 Å². The first-order valence-corrected chi connectivity index (χ1v) is 8.05. The van der Waals surface area contributed by atoms with Gasteiger partial charge >= 0.3 is 6.18 Å². The molecule has 1 amide bonds. The van der Waals surface area contributed by atoms with Gasteiger partial charge < -0.3 is 19.1 Å². The first-order chi connectivity index (χ1) is 11.9. The van der Waals surface area contributed by atoms with Crippen LogP contribution in [0.15, 0.2) is 24.3 Å². The summed E-state index contributed by atoms with van der Waals surface area (Å²) in [6, 6.07) is 7.20. The number of nitrogens with zero attached hydrogens (tertiary/aromatic N) is 1. The van der Waals surface area contributed by atoms with Crippen LogP contribution >= 0.6 is 0 Å². The highest BCUT2D eigenvalue weighted by molar-refractivity contribution is 5.77. The zero-order valence-electron chi connectivity index (χ0n) is 14.1. The van der Waals surface area contributed by atoms with E-state index in [0.29, 0.717) is 18.9 Å². The predicted molar refractivity (Wildman–Crippen MR) is 84.3 cm³/mol. The van der Waals surface area contributed by atoms with Gasteiger partial charge in [0.2, 0.25) is 5.91 Å². The molecule has 0 N–H and O–H groups in total. The van der Waals surface area contributed by atoms with Gasteiger partial charge in [-0.1, -0.05) is 18.2 Å². The van der Waals surface area contributed by atoms with Crippen LogP contribution in [-0.4, -0.2) is 56.6 Å². The minimum absolute atomic E-state index is 0.110. The number of carbonyl (C=O) groups excluding carboxylic acids is 1. The molecule has 1 saturated heterocycles. The quantitative estimate of drug-likeness (QED) is 0.714. The summed E-state index contributed by atoms with van der Waals surface area (Å²) in [6.45, 7) is -0.904. The van der Waals surface area contributed by atoms with Crippen molar-refractivity contribution in [3.8, 4) is 5.75 Å². The maximum atomic E-state index is 12.4. The number of para-hydroxylation sites is 1. The highest BCUT2D eigenvalue weighted by atomic mass is 19.4. The lowest BCUT2D eigenvalue weighted by molar-refractivity contribution is -0.178. The van der Waals surface area contributed by atoms with E-state index in [-0.39, 0.29) is 12.6 Å². The molecule has 2 rings (SSSR count). The molecule has 1 unspecified atom stereocenters. The molecule has 0 aliphatic carbocycles. The van der Waals surface area contributed by atoms with Crippen LogP contribution in [0.25, 0.3) is 0 Å². The van der Waals surface area contributed by atoms with Gasteiger partial charge in [0, 0.05) is 25.3 Å². The second-order valence-corrected chi connectivity index (χ2v) is 5.83. The van der Waals surface area contributed by atoms with Crippen LogP contribution in [0.4, 0.5) is 13.2 Å². The lowest BCUT2D eigenvalue weighted by Crippen LogP contribution is -2.39. The van der Waals surface area contributed by atoms with Gasteiger partial charge in [-0.05, 0) is 18.9 Å². The van der Waals surface area contributed by atoms with Crippen molar-refractivity contribution in [2.75, 3.05) is 33.5 Å². The van der Waals surface area contributed by atoms with Crippen LogP contribution in [0.5, 0.6) is 5.75 Å². The summed E-state index contributed by atoms with van der Waals surface area (Å²) in [5.74, 6) is 0.106. The van der Waals surface area contributed by atoms with Gasteiger partial charge in [0.15, 0.2) is 0 Å². The largest absolute Gasteiger partial charge is 0.496 e. The zero-order valence-corrected chi connectivity index (χ0v) is 14.1. The first-order valence-electron chi connectivity index (χ1n) is 8.05. The number of ether oxygens (including phenoxy) is 3. The number of carbonyl (C=O) groups is 1. The van der Waals surface area contributed by atoms with Gasteiger partial charge in [-0.2, -0.15) is 13.2 Å². The molecule has 0 radical (unpaired) electrons. The molecule has 0 aromatic heterocycles. The standard InChI is InChI=1S/C17H22F3NO4/c1-23-15-7-3-2-5-13(15)9-21(10-14-6-4-8-25-14)16(22)11-24-12-17(18,19)20/h2-3,5,7,14H,4,6,8-12H2,1H3. The average Bonchev–Trinajstić information content (AvgIpc) is 3.06. The van der Waals surface area contributed by atoms with Crippen LogP contribution in [0.1, 0.15) is 18.4 Å². The number of halogens is 3. The van der Waals surface area contributed by atoms with Crippen molar-refractivity contribution in [1.29, 1.82) is 0 Å². The number of methoxy groups -OCH3 is 1. The van der Waals surface area contributed by atoms with E-state index in [0.717, 1.165) is 18.4 Å². The van der Waals surface area contributed by atoms with Crippen LogP contribution in [-0.2, 0) is 20.8 Å². The molecular formula is C17H22F3NO4. The van der Waals surface area contributed by atoms with Gasteiger partial charge in [0.05, 0.1) is 13.2 Å². The smallest absolute Gasteiger partial charge is 0.411 e. The first kappa shape index (κ1) is 19.5. The average molecular weight is 361 g/mol. The van der Waals surface area contributed by atoms with Gasteiger partial charge in [0.1, 0.15) is 19.0 Å². The van der Waals surface area contributed by atoms with Crippen molar-refractivity contribution in [3.63, 3.8) is 0 Å². The molecule has 8 heteroatoms. The summed E-state index contributed by atoms with van der Waals surface area (Å²) in [5.41, 5.74) is 0.771. The van der Waals surface area contributed by atoms with E-state index in [9.17, 15) is 18.0 Å². The lowest BCUT2D eigenvalue weighted by Gasteiger charge is -2.26. The molecule has 1 atom stereocenters. The van der Waals surface area contributed by atoms with E-state index in [2.05, 4.69) is 4.74 Å². The number of alkyl halides is 3. The molecule has 1 aliphatic heterocycles. The molecule has 140 valence electrons. The molecule has 5 nitrogen and oxygen atoms in total. The normalized spacial score (nSPS) is 17.5. The van der Waals surface area contributed by atoms with Crippen LogP contribution in [0.3, 0.4) is 0 Å². The Kier molecular flexibility index (Phi) is 7.07. The third-order valence-corrected chi connectivity index (χ3v) is 3.85. The predicted octanol–water partition coefficient (Wildman–Crippen LogP) is 2.78. The molecule has 1 heterocycles. The van der Waals surface area contributed by atoms with E-state index in [1.54, 1.807) is 12.1 Å². The SMILES string of the molecule is COc1ccccc1CN(CC1CCCO1)C(=O)COCC(F)(F)F. The van der Waals surface area contributed by atoms with E-state index in [1.165, 1.54) is 12.0 Å². The molecule has 1 aromatic carbocycles. The number of hydrogen-bond donors (Lipinski definition) is 0. The van der Waals surface area contributed by atoms with Crippen molar-refractivity contribution in [1.82, 2.24) is 4.90 Å². The second kappa shape index (κ2) is 9.05. The highest BCUT2D eigenvalue weighted by Gasteiger charge is 2.29. The Labute approximate surface area is 144 Å². The van der Waals surface area contributed by atoms with Crippen molar-refractivity contribution in [3.05, 3.63) is 29.8 Å². The minimum Gasteiger partial charge on any atom is -0.496 e. The summed E-state index contributed by atoms with van der Waals surface area (Å²) >= 11 is 0. The molecule has 1 aliphatic rings. The van der Waals surface area contributed by atoms with Crippen molar-refractivity contribution >= 4 is 5.91 Å². The Balaban J connectivity index is 2.02. The van der Waals surface area contributed by atoms with Crippen LogP contribution in [0.2, 0.25) is 0 Å². The number of benzene rings is 1. The fourth-order valence-corrected chi connectivity index (χ4v) is 2.67. The van der Waals surface area contributed by atoms with Crippen LogP contribution < -0.4 is 4.74 Å².